The minimum absolute atomic E-state index is 0.0444. The first kappa shape index (κ1) is 25.5. The third kappa shape index (κ3) is 5.49. The third-order valence-corrected chi connectivity index (χ3v) is 7.43. The second kappa shape index (κ2) is 10.8. The van der Waals surface area contributed by atoms with Crippen LogP contribution in [0.4, 0.5) is 28.8 Å². The van der Waals surface area contributed by atoms with Crippen molar-refractivity contribution in [2.45, 2.75) is 32.6 Å². The number of nitrogens with zero attached hydrogens (tertiary/aromatic N) is 6. The lowest BCUT2D eigenvalue weighted by atomic mass is 10.0. The summed E-state index contributed by atoms with van der Waals surface area (Å²) in [5.41, 5.74) is 6.04. The number of anilines is 5. The second-order valence-electron chi connectivity index (χ2n) is 10.5. The summed E-state index contributed by atoms with van der Waals surface area (Å²) >= 11 is 0. The smallest absolute Gasteiger partial charge is 0.272 e. The summed E-state index contributed by atoms with van der Waals surface area (Å²) in [4.78, 5) is 45.3. The van der Waals surface area contributed by atoms with Crippen LogP contribution in [0.15, 0.2) is 55.4 Å². The van der Waals surface area contributed by atoms with Gasteiger partial charge in [-0.05, 0) is 67.5 Å². The first-order chi connectivity index (χ1) is 19.4. The molecule has 6 bridgehead atoms. The Labute approximate surface area is 232 Å². The molecular weight excluding hydrogens is 506 g/mol. The molecule has 1 atom stereocenters. The van der Waals surface area contributed by atoms with Crippen LogP contribution in [0.2, 0.25) is 0 Å². The standard InChI is InChI=1S/C29H31N9O2/c1-18-12-32-29-34-23-9-19(13-30-14-23)3-4-21-11-22(33-27(18)36-29)5-6-24(21)35-26(39)10-20-7-8-38(16-20)28(40)25-15-31-17-37(25)2/h5-6,9,11-15,17,20H,3-4,7-8,10,16H2,1-2H3,(H,35,39)(H2,32,33,34,36)/t20-/m1/s1. The lowest BCUT2D eigenvalue weighted by Gasteiger charge is -2.17. The molecule has 3 N–H and O–H groups in total. The topological polar surface area (TPSA) is 130 Å². The summed E-state index contributed by atoms with van der Waals surface area (Å²) in [5, 5.41) is 9.78. The van der Waals surface area contributed by atoms with E-state index >= 15 is 0 Å². The van der Waals surface area contributed by atoms with E-state index in [0.29, 0.717) is 37.0 Å². The fourth-order valence-corrected chi connectivity index (χ4v) is 5.24. The predicted molar refractivity (Wildman–Crippen MR) is 152 cm³/mol. The zero-order valence-corrected chi connectivity index (χ0v) is 22.5. The second-order valence-corrected chi connectivity index (χ2v) is 10.5. The van der Waals surface area contributed by atoms with Crippen LogP contribution in [0.1, 0.15) is 40.0 Å². The van der Waals surface area contributed by atoms with Gasteiger partial charge in [-0.15, -0.1) is 0 Å². The Morgan fingerprint density at radius 3 is 2.80 bits per heavy atom. The van der Waals surface area contributed by atoms with E-state index in [1.54, 1.807) is 29.5 Å². The molecule has 6 rings (SSSR count). The number of aryl methyl sites for hydroxylation is 4. The highest BCUT2D eigenvalue weighted by Crippen LogP contribution is 2.28. The highest BCUT2D eigenvalue weighted by atomic mass is 16.2. The quantitative estimate of drug-likeness (QED) is 0.356. The van der Waals surface area contributed by atoms with Crippen molar-refractivity contribution in [3.63, 3.8) is 0 Å². The van der Waals surface area contributed by atoms with Gasteiger partial charge in [0.1, 0.15) is 11.5 Å². The number of pyridine rings is 1. The molecule has 204 valence electrons. The van der Waals surface area contributed by atoms with E-state index < -0.39 is 0 Å². The number of aromatic nitrogens is 5. The Kier molecular flexibility index (Phi) is 6.85. The molecule has 2 aliphatic rings. The number of imidazole rings is 1. The van der Waals surface area contributed by atoms with Crippen LogP contribution >= 0.6 is 0 Å². The fraction of sp³-hybridized carbons (Fsp3) is 0.310. The fourth-order valence-electron chi connectivity index (χ4n) is 5.24. The number of carbonyl (C=O) groups excluding carboxylic acids is 2. The summed E-state index contributed by atoms with van der Waals surface area (Å²) < 4.78 is 1.72. The van der Waals surface area contributed by atoms with Crippen molar-refractivity contribution in [1.82, 2.24) is 29.4 Å². The molecule has 0 radical (unpaired) electrons. The van der Waals surface area contributed by atoms with E-state index in [9.17, 15) is 9.59 Å². The Bertz CT molecular complexity index is 1580. The highest BCUT2D eigenvalue weighted by Gasteiger charge is 2.29. The summed E-state index contributed by atoms with van der Waals surface area (Å²) in [5.74, 6) is 1.21. The highest BCUT2D eigenvalue weighted by molar-refractivity contribution is 5.93. The zero-order valence-electron chi connectivity index (χ0n) is 22.5. The number of amides is 2. The van der Waals surface area contributed by atoms with Gasteiger partial charge in [0.2, 0.25) is 11.9 Å². The molecule has 1 aromatic carbocycles. The van der Waals surface area contributed by atoms with Gasteiger partial charge in [0.25, 0.3) is 5.91 Å². The number of carbonyl (C=O) groups is 2. The molecular formula is C29H31N9O2. The van der Waals surface area contributed by atoms with Crippen LogP contribution in [0, 0.1) is 12.8 Å². The summed E-state index contributed by atoms with van der Waals surface area (Å²) in [6.45, 7) is 3.15. The summed E-state index contributed by atoms with van der Waals surface area (Å²) in [6, 6.07) is 7.98. The Hall–Kier alpha value is -4.80. The largest absolute Gasteiger partial charge is 0.340 e. The SMILES string of the molecule is Cc1cnc2nc1Nc1ccc(NC(=O)C[C@H]3CCN(C(=O)c4cncn4C)C3)c(c1)CCc1cncc(c1)N2. The van der Waals surface area contributed by atoms with Crippen molar-refractivity contribution in [1.29, 1.82) is 0 Å². The predicted octanol–water partition coefficient (Wildman–Crippen LogP) is 3.99. The van der Waals surface area contributed by atoms with Crippen molar-refractivity contribution < 1.29 is 9.59 Å². The monoisotopic (exact) mass is 537 g/mol. The number of hydrogen-bond acceptors (Lipinski definition) is 8. The van der Waals surface area contributed by atoms with Gasteiger partial charge >= 0.3 is 0 Å². The maximum absolute atomic E-state index is 13.1. The maximum atomic E-state index is 13.1. The number of hydrogen-bond donors (Lipinski definition) is 3. The van der Waals surface area contributed by atoms with Crippen LogP contribution in [-0.2, 0) is 24.7 Å². The summed E-state index contributed by atoms with van der Waals surface area (Å²) in [6.07, 6.45) is 11.2. The number of likely N-dealkylation sites (tertiary alicyclic amines) is 1. The van der Waals surface area contributed by atoms with Crippen molar-refractivity contribution >= 4 is 40.6 Å². The molecule has 3 aromatic heterocycles. The van der Waals surface area contributed by atoms with E-state index in [-0.39, 0.29) is 17.7 Å². The van der Waals surface area contributed by atoms with Crippen LogP contribution in [-0.4, -0.2) is 54.3 Å². The minimum atomic E-state index is -0.0520. The average Bonchev–Trinajstić information content (AvgIpc) is 3.59. The van der Waals surface area contributed by atoms with Gasteiger partial charge in [0.05, 0.1) is 24.4 Å². The first-order valence-corrected chi connectivity index (χ1v) is 13.4. The van der Waals surface area contributed by atoms with Crippen LogP contribution in [0.5, 0.6) is 0 Å². The van der Waals surface area contributed by atoms with Crippen molar-refractivity contribution in [3.8, 4) is 0 Å². The van der Waals surface area contributed by atoms with Gasteiger partial charge in [0.15, 0.2) is 0 Å². The van der Waals surface area contributed by atoms with Gasteiger partial charge < -0.3 is 25.4 Å². The maximum Gasteiger partial charge on any atom is 0.272 e. The molecule has 11 heteroatoms. The van der Waals surface area contributed by atoms with E-state index in [0.717, 1.165) is 53.0 Å². The Morgan fingerprint density at radius 1 is 1.05 bits per heavy atom. The average molecular weight is 538 g/mol. The molecule has 0 aliphatic carbocycles. The molecule has 11 nitrogen and oxygen atoms in total. The van der Waals surface area contributed by atoms with E-state index in [1.165, 1.54) is 0 Å². The molecule has 1 saturated heterocycles. The van der Waals surface area contributed by atoms with Crippen molar-refractivity contribution in [2.24, 2.45) is 13.0 Å². The van der Waals surface area contributed by atoms with Gasteiger partial charge in [0, 0.05) is 55.9 Å². The normalized spacial score (nSPS) is 16.1. The van der Waals surface area contributed by atoms with Gasteiger partial charge in [-0.1, -0.05) is 0 Å². The van der Waals surface area contributed by atoms with Gasteiger partial charge in [-0.2, -0.15) is 4.98 Å². The third-order valence-electron chi connectivity index (χ3n) is 7.43. The first-order valence-electron chi connectivity index (χ1n) is 13.4. The van der Waals surface area contributed by atoms with E-state index in [4.69, 9.17) is 0 Å². The van der Waals surface area contributed by atoms with Crippen molar-refractivity contribution in [2.75, 3.05) is 29.0 Å². The molecule has 2 aliphatic heterocycles. The number of fused-ring (bicyclic) bond motifs is 6. The number of benzene rings is 1. The van der Waals surface area contributed by atoms with Crippen LogP contribution in [0.25, 0.3) is 0 Å². The van der Waals surface area contributed by atoms with Gasteiger partial charge in [-0.3, -0.25) is 14.6 Å². The number of nitrogens with one attached hydrogen (secondary N) is 3. The summed E-state index contributed by atoms with van der Waals surface area (Å²) in [7, 11) is 1.81. The Morgan fingerprint density at radius 2 is 1.95 bits per heavy atom. The molecule has 0 unspecified atom stereocenters. The molecule has 2 amide bonds. The van der Waals surface area contributed by atoms with E-state index in [2.05, 4.69) is 42.0 Å². The lowest BCUT2D eigenvalue weighted by Crippen LogP contribution is -2.30. The molecule has 5 heterocycles. The molecule has 0 saturated carbocycles. The molecule has 40 heavy (non-hydrogen) atoms. The van der Waals surface area contributed by atoms with Crippen LogP contribution in [0.3, 0.4) is 0 Å². The molecule has 1 fully saturated rings. The number of rotatable bonds is 4. The lowest BCUT2D eigenvalue weighted by molar-refractivity contribution is -0.117. The Balaban J connectivity index is 1.18. The van der Waals surface area contributed by atoms with Crippen LogP contribution < -0.4 is 16.0 Å². The van der Waals surface area contributed by atoms with E-state index in [1.807, 2.05) is 43.3 Å². The zero-order chi connectivity index (χ0) is 27.6. The van der Waals surface area contributed by atoms with Crippen molar-refractivity contribution in [3.05, 3.63) is 77.8 Å². The minimum Gasteiger partial charge on any atom is -0.340 e. The van der Waals surface area contributed by atoms with Gasteiger partial charge in [-0.25, -0.2) is 9.97 Å². The molecule has 0 spiro atoms. The molecule has 4 aromatic rings.